The number of aromatic nitrogens is 2. The molecule has 4 fully saturated rings. The summed E-state index contributed by atoms with van der Waals surface area (Å²) in [5, 5.41) is 6.59. The smallest absolute Gasteiger partial charge is 0.349 e. The zero-order valence-corrected chi connectivity index (χ0v) is 35.7. The molecule has 4 aromatic carbocycles. The Kier molecular flexibility index (Phi) is 14.3. The van der Waals surface area contributed by atoms with Gasteiger partial charge in [-0.15, -0.1) is 0 Å². The number of halogens is 4. The third kappa shape index (κ3) is 10.2. The first-order valence-corrected chi connectivity index (χ1v) is 21.9. The number of hydrogen-bond donors (Lipinski definition) is 2. The molecule has 2 heterocycles. The largest absolute Gasteiger partial charge is 0.373 e. The van der Waals surface area contributed by atoms with Crippen LogP contribution in [0.1, 0.15) is 85.7 Å². The van der Waals surface area contributed by atoms with Crippen molar-refractivity contribution in [3.63, 3.8) is 0 Å². The van der Waals surface area contributed by atoms with Crippen molar-refractivity contribution in [1.82, 2.24) is 15.3 Å². The molecule has 2 aromatic heterocycles. The molecule has 10 atom stereocenters. The molecule has 1 amide bonds. The van der Waals surface area contributed by atoms with Gasteiger partial charge in [0.1, 0.15) is 11.6 Å². The van der Waals surface area contributed by atoms with E-state index in [0.29, 0.717) is 46.2 Å². The molecule has 4 aliphatic carbocycles. The quantitative estimate of drug-likeness (QED) is 0.157. The van der Waals surface area contributed by atoms with Crippen LogP contribution in [0.3, 0.4) is 0 Å². The molecule has 4 unspecified atom stereocenters. The lowest BCUT2D eigenvalue weighted by Crippen LogP contribution is -2.37. The molecule has 4 aliphatic rings. The highest BCUT2D eigenvalue weighted by Gasteiger charge is 2.59. The minimum absolute atomic E-state index is 0.0318. The first-order valence-electron chi connectivity index (χ1n) is 21.1. The lowest BCUT2D eigenvalue weighted by Gasteiger charge is -2.22. The highest BCUT2D eigenvalue weighted by Crippen LogP contribution is 2.65. The third-order valence-corrected chi connectivity index (χ3v) is 13.9. The maximum absolute atomic E-state index is 13.8. The SMILES string of the molecule is CC[C@@H](N)C1[C@H]2CC(c3ccnc4ccc(F)cc34)C[C@@H]12.CC[C@@H](NC(=O)c1ccc(Cl)cc1)C1[C@H]2CC(c3ccnc4ccc(F)cc34)C[C@@H]12.Clc1ccccc1.O=C=O. The highest BCUT2D eigenvalue weighted by molar-refractivity contribution is 6.30. The molecule has 0 bridgehead atoms. The van der Waals surface area contributed by atoms with Crippen LogP contribution >= 0.6 is 23.2 Å². The molecular formula is C50H50Cl2F2N4O3. The Hall–Kier alpha value is -5.05. The average molecular weight is 864 g/mol. The summed E-state index contributed by atoms with van der Waals surface area (Å²) in [5.74, 6) is 4.67. The standard InChI is InChI=1S/C25H24ClFN2O.C18H21FN2.C6H5Cl.CO2/c1-2-22(29-25(30)14-3-5-16(26)6-4-14)24-20-11-15(12-21(20)24)18-9-10-28-23-8-7-17(27)13-19(18)23;1-2-16(20)18-14-7-10(8-15(14)18)12-5-6-21-17-4-3-11(19)9-13(12)17;7-6-4-2-1-3-5-6;2-1-3/h3-10,13,15,20-22,24H,2,11-12H2,1H3,(H,29,30);3-6,9-10,14-16,18H,2,7-8,20H2,1H3;1-5H;/t15?,20-,21+,22-,24?;10?,14-,15+,16-,18?;;/m11../s1. The minimum atomic E-state index is -0.214. The molecule has 0 spiro atoms. The zero-order valence-electron chi connectivity index (χ0n) is 34.2. The lowest BCUT2D eigenvalue weighted by atomic mass is 9.88. The Labute approximate surface area is 365 Å². The molecule has 7 nitrogen and oxygen atoms in total. The number of benzene rings is 4. The number of nitrogens with zero attached hydrogens (tertiary/aromatic N) is 2. The fraction of sp³-hybridized carbons (Fsp3) is 0.360. The van der Waals surface area contributed by atoms with Crippen molar-refractivity contribution in [2.75, 3.05) is 0 Å². The van der Waals surface area contributed by atoms with Crippen molar-refractivity contribution in [1.29, 1.82) is 0 Å². The first-order chi connectivity index (χ1) is 29.5. The van der Waals surface area contributed by atoms with Gasteiger partial charge in [0.25, 0.3) is 5.91 Å². The average Bonchev–Trinajstić information content (AvgIpc) is 3.98. The molecule has 0 radical (unpaired) electrons. The van der Waals surface area contributed by atoms with Crippen LogP contribution in [0.25, 0.3) is 21.8 Å². The van der Waals surface area contributed by atoms with E-state index < -0.39 is 0 Å². The number of rotatable bonds is 8. The van der Waals surface area contributed by atoms with Crippen LogP contribution in [0.4, 0.5) is 8.78 Å². The van der Waals surface area contributed by atoms with Crippen LogP contribution in [-0.2, 0) is 9.59 Å². The second-order valence-corrected chi connectivity index (χ2v) is 17.6. The van der Waals surface area contributed by atoms with E-state index in [1.165, 1.54) is 36.1 Å². The van der Waals surface area contributed by atoms with Gasteiger partial charge < -0.3 is 11.1 Å². The summed E-state index contributed by atoms with van der Waals surface area (Å²) in [4.78, 5) is 37.6. The lowest BCUT2D eigenvalue weighted by molar-refractivity contribution is -0.191. The van der Waals surface area contributed by atoms with E-state index in [9.17, 15) is 13.6 Å². The van der Waals surface area contributed by atoms with Gasteiger partial charge in [-0.05, 0) is 182 Å². The van der Waals surface area contributed by atoms with Crippen LogP contribution in [-0.4, -0.2) is 34.1 Å². The molecule has 4 saturated carbocycles. The van der Waals surface area contributed by atoms with E-state index in [2.05, 4.69) is 35.2 Å². The monoisotopic (exact) mass is 862 g/mol. The summed E-state index contributed by atoms with van der Waals surface area (Å²) in [7, 11) is 0. The van der Waals surface area contributed by atoms with E-state index >= 15 is 0 Å². The normalized spacial score (nSPS) is 24.8. The van der Waals surface area contributed by atoms with Gasteiger partial charge in [-0.3, -0.25) is 14.8 Å². The van der Waals surface area contributed by atoms with Crippen LogP contribution in [0.2, 0.25) is 10.0 Å². The van der Waals surface area contributed by atoms with E-state index in [1.54, 1.807) is 48.5 Å². The van der Waals surface area contributed by atoms with E-state index in [1.807, 2.05) is 48.8 Å². The van der Waals surface area contributed by atoms with Gasteiger partial charge in [0.15, 0.2) is 0 Å². The van der Waals surface area contributed by atoms with E-state index in [0.717, 1.165) is 70.3 Å². The summed E-state index contributed by atoms with van der Waals surface area (Å²) in [6.45, 7) is 4.31. The summed E-state index contributed by atoms with van der Waals surface area (Å²) in [6.07, 6.45) is 10.5. The molecular weight excluding hydrogens is 813 g/mol. The minimum Gasteiger partial charge on any atom is -0.349 e. The van der Waals surface area contributed by atoms with Crippen molar-refractivity contribution in [3.8, 4) is 0 Å². The molecule has 61 heavy (non-hydrogen) atoms. The Morgan fingerprint density at radius 2 is 1.15 bits per heavy atom. The predicted octanol–water partition coefficient (Wildman–Crippen LogP) is 11.6. The molecule has 0 saturated heterocycles. The van der Waals surface area contributed by atoms with Crippen molar-refractivity contribution in [3.05, 3.63) is 154 Å². The Morgan fingerprint density at radius 1 is 0.689 bits per heavy atom. The van der Waals surface area contributed by atoms with Crippen LogP contribution < -0.4 is 11.1 Å². The number of nitrogens with one attached hydrogen (secondary N) is 1. The molecule has 6 aromatic rings. The van der Waals surface area contributed by atoms with Crippen molar-refractivity contribution in [2.45, 2.75) is 76.3 Å². The second-order valence-electron chi connectivity index (χ2n) is 16.7. The summed E-state index contributed by atoms with van der Waals surface area (Å²) in [5.41, 5.74) is 11.1. The van der Waals surface area contributed by atoms with Gasteiger partial charge in [0.2, 0.25) is 0 Å². The topological polar surface area (TPSA) is 115 Å². The van der Waals surface area contributed by atoms with Crippen molar-refractivity contribution < 1.29 is 23.2 Å². The van der Waals surface area contributed by atoms with Gasteiger partial charge in [-0.25, -0.2) is 8.78 Å². The van der Waals surface area contributed by atoms with Crippen molar-refractivity contribution >= 4 is 57.1 Å². The summed E-state index contributed by atoms with van der Waals surface area (Å²) in [6, 6.07) is 30.9. The number of carbonyl (C=O) groups excluding carboxylic acids is 3. The Balaban J connectivity index is 0.000000156. The molecule has 11 heteroatoms. The van der Waals surface area contributed by atoms with E-state index in [-0.39, 0.29) is 29.7 Å². The van der Waals surface area contributed by atoms with Crippen molar-refractivity contribution in [2.24, 2.45) is 41.2 Å². The fourth-order valence-electron chi connectivity index (χ4n) is 10.5. The van der Waals surface area contributed by atoms with Gasteiger partial charge in [0.05, 0.1) is 11.0 Å². The van der Waals surface area contributed by atoms with Gasteiger partial charge >= 0.3 is 6.15 Å². The molecule has 10 rings (SSSR count). The highest BCUT2D eigenvalue weighted by atomic mass is 35.5. The fourth-order valence-corrected chi connectivity index (χ4v) is 10.8. The Morgan fingerprint density at radius 3 is 1.57 bits per heavy atom. The predicted molar refractivity (Wildman–Crippen MR) is 236 cm³/mol. The molecule has 3 N–H and O–H groups in total. The van der Waals surface area contributed by atoms with Gasteiger partial charge in [-0.1, -0.05) is 55.2 Å². The zero-order chi connectivity index (χ0) is 43.2. The number of pyridine rings is 2. The summed E-state index contributed by atoms with van der Waals surface area (Å²) < 4.78 is 27.4. The van der Waals surface area contributed by atoms with Crippen LogP contribution in [0.5, 0.6) is 0 Å². The maximum Gasteiger partial charge on any atom is 0.373 e. The van der Waals surface area contributed by atoms with Gasteiger partial charge in [0, 0.05) is 50.9 Å². The number of hydrogen-bond acceptors (Lipinski definition) is 6. The number of fused-ring (bicyclic) bond motifs is 4. The van der Waals surface area contributed by atoms with Crippen LogP contribution in [0, 0.1) is 47.1 Å². The summed E-state index contributed by atoms with van der Waals surface area (Å²) >= 11 is 11.5. The van der Waals surface area contributed by atoms with E-state index in [4.69, 9.17) is 38.5 Å². The molecule has 316 valence electrons. The molecule has 0 aliphatic heterocycles. The second kappa shape index (κ2) is 19.8. The van der Waals surface area contributed by atoms with Gasteiger partial charge in [-0.2, -0.15) is 9.59 Å². The number of amides is 1. The number of nitrogens with two attached hydrogens (primary N) is 1. The Bertz CT molecular complexity index is 2460. The maximum atomic E-state index is 13.8. The van der Waals surface area contributed by atoms with Crippen LogP contribution in [0.15, 0.2) is 116 Å². The first kappa shape index (κ1) is 44.0. The third-order valence-electron chi connectivity index (χ3n) is 13.4. The number of carbonyl (C=O) groups is 1.